The van der Waals surface area contributed by atoms with E-state index in [2.05, 4.69) is 64.0 Å². The Morgan fingerprint density at radius 3 is 2.89 bits per heavy atom. The molecule has 1 aromatic carbocycles. The molecule has 0 saturated carbocycles. The standard InChI is InChI=1S/C15H23IN2O/c1-2-7-17-10-15-12-19-9-8-18(15)11-13-3-5-14(16)6-4-13/h3-6,15,17H,2,7-12H2,1H3. The highest BCUT2D eigenvalue weighted by atomic mass is 127. The van der Waals surface area contributed by atoms with Crippen molar-refractivity contribution >= 4 is 22.6 Å². The molecule has 1 unspecified atom stereocenters. The Bertz CT molecular complexity index is 369. The first-order chi connectivity index (χ1) is 9.29. The zero-order valence-electron chi connectivity index (χ0n) is 11.6. The van der Waals surface area contributed by atoms with Crippen molar-refractivity contribution in [2.75, 3.05) is 32.8 Å². The van der Waals surface area contributed by atoms with E-state index in [9.17, 15) is 0 Å². The molecule has 106 valence electrons. The van der Waals surface area contributed by atoms with E-state index in [1.54, 1.807) is 0 Å². The molecular weight excluding hydrogens is 351 g/mol. The summed E-state index contributed by atoms with van der Waals surface area (Å²) in [6.07, 6.45) is 1.19. The highest BCUT2D eigenvalue weighted by Crippen LogP contribution is 2.13. The third-order valence-electron chi connectivity index (χ3n) is 3.46. The summed E-state index contributed by atoms with van der Waals surface area (Å²) in [5.74, 6) is 0. The predicted octanol–water partition coefficient (Wildman–Crippen LogP) is 2.49. The van der Waals surface area contributed by atoms with Crippen LogP contribution in [0.2, 0.25) is 0 Å². The maximum Gasteiger partial charge on any atom is 0.0635 e. The lowest BCUT2D eigenvalue weighted by atomic mass is 10.1. The topological polar surface area (TPSA) is 24.5 Å². The number of halogens is 1. The van der Waals surface area contributed by atoms with Crippen molar-refractivity contribution in [2.24, 2.45) is 0 Å². The molecule has 4 heteroatoms. The molecule has 1 heterocycles. The van der Waals surface area contributed by atoms with Gasteiger partial charge in [0.1, 0.15) is 0 Å². The Morgan fingerprint density at radius 2 is 2.16 bits per heavy atom. The molecule has 1 aliphatic heterocycles. The molecule has 0 aliphatic carbocycles. The summed E-state index contributed by atoms with van der Waals surface area (Å²) in [6.45, 7) is 8.08. The van der Waals surface area contributed by atoms with Gasteiger partial charge in [0.2, 0.25) is 0 Å². The van der Waals surface area contributed by atoms with Crippen LogP contribution in [0, 0.1) is 3.57 Å². The lowest BCUT2D eigenvalue weighted by Crippen LogP contribution is -2.49. The number of rotatable bonds is 6. The van der Waals surface area contributed by atoms with Crippen LogP contribution in [-0.4, -0.2) is 43.8 Å². The van der Waals surface area contributed by atoms with Crippen LogP contribution in [0.4, 0.5) is 0 Å². The van der Waals surface area contributed by atoms with Crippen molar-refractivity contribution < 1.29 is 4.74 Å². The fourth-order valence-corrected chi connectivity index (χ4v) is 2.71. The fraction of sp³-hybridized carbons (Fsp3) is 0.600. The monoisotopic (exact) mass is 374 g/mol. The molecule has 19 heavy (non-hydrogen) atoms. The van der Waals surface area contributed by atoms with Crippen LogP contribution < -0.4 is 5.32 Å². The lowest BCUT2D eigenvalue weighted by molar-refractivity contribution is -0.0108. The predicted molar refractivity (Wildman–Crippen MR) is 87.3 cm³/mol. The van der Waals surface area contributed by atoms with E-state index in [-0.39, 0.29) is 0 Å². The third-order valence-corrected chi connectivity index (χ3v) is 4.17. The third kappa shape index (κ3) is 5.02. The first-order valence-electron chi connectivity index (χ1n) is 7.06. The summed E-state index contributed by atoms with van der Waals surface area (Å²) < 4.78 is 6.91. The number of nitrogens with zero attached hydrogens (tertiary/aromatic N) is 1. The Kier molecular flexibility index (Phi) is 6.56. The number of morpholine rings is 1. The first kappa shape index (κ1) is 15.2. The van der Waals surface area contributed by atoms with Gasteiger partial charge in [0.05, 0.1) is 13.2 Å². The van der Waals surface area contributed by atoms with Crippen LogP contribution in [0.3, 0.4) is 0 Å². The molecule has 0 amide bonds. The van der Waals surface area contributed by atoms with Crippen LogP contribution in [-0.2, 0) is 11.3 Å². The fourth-order valence-electron chi connectivity index (χ4n) is 2.36. The van der Waals surface area contributed by atoms with Crippen LogP contribution in [0.25, 0.3) is 0 Å². The van der Waals surface area contributed by atoms with E-state index >= 15 is 0 Å². The Morgan fingerprint density at radius 1 is 1.37 bits per heavy atom. The number of hydrogen-bond donors (Lipinski definition) is 1. The molecule has 1 atom stereocenters. The zero-order valence-corrected chi connectivity index (χ0v) is 13.7. The molecular formula is C15H23IN2O. The molecule has 3 nitrogen and oxygen atoms in total. The zero-order chi connectivity index (χ0) is 13.5. The van der Waals surface area contributed by atoms with Gasteiger partial charge in [0.25, 0.3) is 0 Å². The highest BCUT2D eigenvalue weighted by Gasteiger charge is 2.22. The summed E-state index contributed by atoms with van der Waals surface area (Å²) in [7, 11) is 0. The van der Waals surface area contributed by atoms with Gasteiger partial charge in [-0.1, -0.05) is 19.1 Å². The van der Waals surface area contributed by atoms with Crippen molar-refractivity contribution in [3.05, 3.63) is 33.4 Å². The van der Waals surface area contributed by atoms with Gasteiger partial charge in [-0.2, -0.15) is 0 Å². The van der Waals surface area contributed by atoms with Crippen molar-refractivity contribution in [3.8, 4) is 0 Å². The van der Waals surface area contributed by atoms with Crippen LogP contribution >= 0.6 is 22.6 Å². The van der Waals surface area contributed by atoms with Gasteiger partial charge in [0.15, 0.2) is 0 Å². The highest BCUT2D eigenvalue weighted by molar-refractivity contribution is 14.1. The average Bonchev–Trinajstić information content (AvgIpc) is 2.43. The van der Waals surface area contributed by atoms with E-state index in [0.29, 0.717) is 6.04 Å². The average molecular weight is 374 g/mol. The summed E-state index contributed by atoms with van der Waals surface area (Å²) in [4.78, 5) is 2.54. The molecule has 1 saturated heterocycles. The summed E-state index contributed by atoms with van der Waals surface area (Å²) in [5.41, 5.74) is 1.39. The van der Waals surface area contributed by atoms with Crippen molar-refractivity contribution in [2.45, 2.75) is 25.9 Å². The van der Waals surface area contributed by atoms with E-state index in [0.717, 1.165) is 39.4 Å². The number of nitrogens with one attached hydrogen (secondary N) is 1. The van der Waals surface area contributed by atoms with Crippen molar-refractivity contribution in [1.29, 1.82) is 0 Å². The second kappa shape index (κ2) is 8.19. The minimum Gasteiger partial charge on any atom is -0.378 e. The van der Waals surface area contributed by atoms with Crippen LogP contribution in [0.1, 0.15) is 18.9 Å². The maximum atomic E-state index is 5.62. The Labute approximate surface area is 129 Å². The van der Waals surface area contributed by atoms with Crippen LogP contribution in [0.5, 0.6) is 0 Å². The minimum absolute atomic E-state index is 0.500. The normalized spacial score (nSPS) is 20.6. The number of ether oxygens (including phenoxy) is 1. The molecule has 0 radical (unpaired) electrons. The minimum atomic E-state index is 0.500. The Hall–Kier alpha value is -0.170. The van der Waals surface area contributed by atoms with Gasteiger partial charge >= 0.3 is 0 Å². The van der Waals surface area contributed by atoms with E-state index in [1.807, 2.05) is 0 Å². The molecule has 1 N–H and O–H groups in total. The maximum absolute atomic E-state index is 5.62. The SMILES string of the molecule is CCCNCC1COCCN1Cc1ccc(I)cc1. The van der Waals surface area contributed by atoms with E-state index < -0.39 is 0 Å². The molecule has 1 aromatic rings. The summed E-state index contributed by atoms with van der Waals surface area (Å²) in [5, 5.41) is 3.51. The van der Waals surface area contributed by atoms with Gasteiger partial charge in [-0.15, -0.1) is 0 Å². The smallest absolute Gasteiger partial charge is 0.0635 e. The van der Waals surface area contributed by atoms with E-state index in [4.69, 9.17) is 4.74 Å². The van der Waals surface area contributed by atoms with Crippen molar-refractivity contribution in [3.63, 3.8) is 0 Å². The van der Waals surface area contributed by atoms with Crippen LogP contribution in [0.15, 0.2) is 24.3 Å². The van der Waals surface area contributed by atoms with Gasteiger partial charge in [-0.25, -0.2) is 0 Å². The summed E-state index contributed by atoms with van der Waals surface area (Å²) >= 11 is 2.35. The molecule has 1 fully saturated rings. The number of hydrogen-bond acceptors (Lipinski definition) is 3. The largest absolute Gasteiger partial charge is 0.378 e. The van der Waals surface area contributed by atoms with E-state index in [1.165, 1.54) is 15.6 Å². The quantitative estimate of drug-likeness (QED) is 0.612. The van der Waals surface area contributed by atoms with Gasteiger partial charge < -0.3 is 10.1 Å². The molecule has 0 aromatic heterocycles. The second-order valence-corrected chi connectivity index (χ2v) is 6.28. The molecule has 2 rings (SSSR count). The second-order valence-electron chi connectivity index (χ2n) is 5.03. The Balaban J connectivity index is 1.89. The van der Waals surface area contributed by atoms with Gasteiger partial charge in [-0.05, 0) is 53.3 Å². The molecule has 0 bridgehead atoms. The molecule has 0 spiro atoms. The van der Waals surface area contributed by atoms with Gasteiger partial charge in [-0.3, -0.25) is 4.90 Å². The summed E-state index contributed by atoms with van der Waals surface area (Å²) in [6, 6.07) is 9.32. The first-order valence-corrected chi connectivity index (χ1v) is 8.14. The molecule has 1 aliphatic rings. The van der Waals surface area contributed by atoms with Crippen molar-refractivity contribution in [1.82, 2.24) is 10.2 Å². The van der Waals surface area contributed by atoms with Gasteiger partial charge in [0, 0.05) is 29.2 Å². The lowest BCUT2D eigenvalue weighted by Gasteiger charge is -2.35. The number of benzene rings is 1.